The van der Waals surface area contributed by atoms with E-state index in [1.54, 1.807) is 7.11 Å². The number of carbonyl (C=O) groups is 1. The highest BCUT2D eigenvalue weighted by Gasteiger charge is 2.21. The van der Waals surface area contributed by atoms with Gasteiger partial charge in [-0.05, 0) is 38.0 Å². The molecule has 2 aromatic rings. The second-order valence-electron chi connectivity index (χ2n) is 6.24. The fourth-order valence-electron chi connectivity index (χ4n) is 3.35. The fourth-order valence-corrected chi connectivity index (χ4v) is 3.35. The van der Waals surface area contributed by atoms with Crippen LogP contribution >= 0.6 is 0 Å². The van der Waals surface area contributed by atoms with Gasteiger partial charge < -0.3 is 10.1 Å². The van der Waals surface area contributed by atoms with Gasteiger partial charge in [-0.15, -0.1) is 0 Å². The average Bonchev–Trinajstić information content (AvgIpc) is 3.07. The lowest BCUT2D eigenvalue weighted by Crippen LogP contribution is -2.36. The van der Waals surface area contributed by atoms with Gasteiger partial charge in [-0.25, -0.2) is 0 Å². The average molecular weight is 327 g/mol. The fraction of sp³-hybridized carbons (Fsp3) is 0.474. The van der Waals surface area contributed by atoms with Gasteiger partial charge in [0.1, 0.15) is 5.75 Å². The summed E-state index contributed by atoms with van der Waals surface area (Å²) in [5, 5.41) is 7.63. The molecule has 1 N–H and O–H groups in total. The quantitative estimate of drug-likeness (QED) is 0.912. The van der Waals surface area contributed by atoms with E-state index in [1.165, 1.54) is 19.3 Å². The van der Waals surface area contributed by atoms with E-state index in [2.05, 4.69) is 10.4 Å². The molecule has 0 aliphatic heterocycles. The number of aryl methyl sites for hydroxylation is 1. The molecule has 1 aliphatic rings. The zero-order valence-electron chi connectivity index (χ0n) is 14.4. The van der Waals surface area contributed by atoms with Crippen LogP contribution in [0.4, 0.5) is 0 Å². The minimum Gasteiger partial charge on any atom is -0.496 e. The third-order valence-corrected chi connectivity index (χ3v) is 4.64. The van der Waals surface area contributed by atoms with E-state index in [-0.39, 0.29) is 11.9 Å². The topological polar surface area (TPSA) is 56.2 Å². The van der Waals surface area contributed by atoms with Crippen LogP contribution in [0.1, 0.15) is 49.5 Å². The van der Waals surface area contributed by atoms with Crippen molar-refractivity contribution in [1.82, 2.24) is 15.1 Å². The molecule has 1 aromatic heterocycles. The number of nitrogens with zero attached hydrogens (tertiary/aromatic N) is 2. The number of amides is 1. The van der Waals surface area contributed by atoms with E-state index in [0.717, 1.165) is 29.8 Å². The zero-order valence-corrected chi connectivity index (χ0v) is 14.4. The number of nitrogens with one attached hydrogen (secondary N) is 1. The van der Waals surface area contributed by atoms with Gasteiger partial charge in [-0.3, -0.25) is 9.48 Å². The van der Waals surface area contributed by atoms with Gasteiger partial charge in [0.15, 0.2) is 5.69 Å². The summed E-state index contributed by atoms with van der Waals surface area (Å²) in [6.45, 7) is 2.72. The van der Waals surface area contributed by atoms with Gasteiger partial charge in [-0.2, -0.15) is 5.10 Å². The number of hydrogen-bond acceptors (Lipinski definition) is 3. The first kappa shape index (κ1) is 16.6. The molecule has 5 nitrogen and oxygen atoms in total. The minimum atomic E-state index is -0.0785. The maximum absolute atomic E-state index is 12.6. The van der Waals surface area contributed by atoms with Gasteiger partial charge in [0.2, 0.25) is 0 Å². The summed E-state index contributed by atoms with van der Waals surface area (Å²) < 4.78 is 7.30. The molecule has 1 aromatic carbocycles. The van der Waals surface area contributed by atoms with Crippen LogP contribution in [0.15, 0.2) is 30.3 Å². The molecule has 0 saturated heterocycles. The van der Waals surface area contributed by atoms with Crippen molar-refractivity contribution in [1.29, 1.82) is 0 Å². The molecule has 0 unspecified atom stereocenters. The smallest absolute Gasteiger partial charge is 0.272 e. The number of para-hydroxylation sites is 1. The van der Waals surface area contributed by atoms with Gasteiger partial charge in [0.05, 0.1) is 12.8 Å². The van der Waals surface area contributed by atoms with E-state index in [4.69, 9.17) is 4.74 Å². The Morgan fingerprint density at radius 2 is 2.04 bits per heavy atom. The van der Waals surface area contributed by atoms with Gasteiger partial charge in [-0.1, -0.05) is 31.4 Å². The molecule has 1 heterocycles. The maximum atomic E-state index is 12.6. The summed E-state index contributed by atoms with van der Waals surface area (Å²) in [6, 6.07) is 9.96. The lowest BCUT2D eigenvalue weighted by molar-refractivity contribution is 0.0922. The predicted octanol–water partition coefficient (Wildman–Crippen LogP) is 3.64. The molecule has 128 valence electrons. The highest BCUT2D eigenvalue weighted by molar-refractivity contribution is 5.93. The van der Waals surface area contributed by atoms with Gasteiger partial charge in [0.25, 0.3) is 5.91 Å². The molecule has 0 atom stereocenters. The normalized spacial score (nSPS) is 15.2. The van der Waals surface area contributed by atoms with Crippen LogP contribution in [0.3, 0.4) is 0 Å². The SMILES string of the molecule is CCn1nc(C(=O)NC2CCCCC2)cc1-c1ccccc1OC. The number of carbonyl (C=O) groups excluding carboxylic acids is 1. The number of methoxy groups -OCH3 is 1. The van der Waals surface area contributed by atoms with E-state index >= 15 is 0 Å². The Morgan fingerprint density at radius 3 is 2.75 bits per heavy atom. The number of benzene rings is 1. The van der Waals surface area contributed by atoms with E-state index < -0.39 is 0 Å². The van der Waals surface area contributed by atoms with Crippen LogP contribution < -0.4 is 10.1 Å². The van der Waals surface area contributed by atoms with Crippen molar-refractivity contribution in [2.24, 2.45) is 0 Å². The number of aromatic nitrogens is 2. The Hall–Kier alpha value is -2.30. The monoisotopic (exact) mass is 327 g/mol. The first-order valence-electron chi connectivity index (χ1n) is 8.75. The lowest BCUT2D eigenvalue weighted by Gasteiger charge is -2.22. The van der Waals surface area contributed by atoms with E-state index in [0.29, 0.717) is 12.2 Å². The Labute approximate surface area is 143 Å². The molecule has 24 heavy (non-hydrogen) atoms. The van der Waals surface area contributed by atoms with Crippen LogP contribution in [0.2, 0.25) is 0 Å². The van der Waals surface area contributed by atoms with Gasteiger partial charge in [0, 0.05) is 18.2 Å². The molecule has 3 rings (SSSR count). The molecular weight excluding hydrogens is 302 g/mol. The van der Waals surface area contributed by atoms with Crippen molar-refractivity contribution in [2.75, 3.05) is 7.11 Å². The van der Waals surface area contributed by atoms with Crippen LogP contribution in [0.25, 0.3) is 11.3 Å². The highest BCUT2D eigenvalue weighted by Crippen LogP contribution is 2.30. The third-order valence-electron chi connectivity index (χ3n) is 4.64. The predicted molar refractivity (Wildman–Crippen MR) is 94.2 cm³/mol. The summed E-state index contributed by atoms with van der Waals surface area (Å²) in [7, 11) is 1.65. The largest absolute Gasteiger partial charge is 0.496 e. The summed E-state index contributed by atoms with van der Waals surface area (Å²) >= 11 is 0. The van der Waals surface area contributed by atoms with Crippen molar-refractivity contribution in [3.63, 3.8) is 0 Å². The molecule has 5 heteroatoms. The molecular formula is C19H25N3O2. The van der Waals surface area contributed by atoms with Crippen molar-refractivity contribution >= 4 is 5.91 Å². The molecule has 1 saturated carbocycles. The minimum absolute atomic E-state index is 0.0785. The second kappa shape index (κ2) is 7.51. The van der Waals surface area contributed by atoms with E-state index in [1.807, 2.05) is 41.9 Å². The Kier molecular flexibility index (Phi) is 5.18. The maximum Gasteiger partial charge on any atom is 0.272 e. The standard InChI is InChI=1S/C19H25N3O2/c1-3-22-17(15-11-7-8-12-18(15)24-2)13-16(21-22)19(23)20-14-9-5-4-6-10-14/h7-8,11-14H,3-6,9-10H2,1-2H3,(H,20,23). The van der Waals surface area contributed by atoms with Crippen molar-refractivity contribution in [3.05, 3.63) is 36.0 Å². The van der Waals surface area contributed by atoms with Crippen molar-refractivity contribution in [2.45, 2.75) is 51.6 Å². The molecule has 1 aliphatic carbocycles. The number of hydrogen-bond donors (Lipinski definition) is 1. The molecule has 0 bridgehead atoms. The summed E-state index contributed by atoms with van der Waals surface area (Å²) in [4.78, 5) is 12.6. The molecule has 1 fully saturated rings. The Bertz CT molecular complexity index is 702. The summed E-state index contributed by atoms with van der Waals surface area (Å²) in [5.74, 6) is 0.705. The van der Waals surface area contributed by atoms with Crippen LogP contribution in [-0.4, -0.2) is 28.8 Å². The molecule has 0 spiro atoms. The van der Waals surface area contributed by atoms with Gasteiger partial charge >= 0.3 is 0 Å². The molecule has 1 amide bonds. The Balaban J connectivity index is 1.85. The summed E-state index contributed by atoms with van der Waals surface area (Å²) in [5.41, 5.74) is 2.33. The zero-order chi connectivity index (χ0) is 16.9. The second-order valence-corrected chi connectivity index (χ2v) is 6.24. The number of rotatable bonds is 5. The van der Waals surface area contributed by atoms with Crippen LogP contribution in [0, 0.1) is 0 Å². The summed E-state index contributed by atoms with van der Waals surface area (Å²) in [6.07, 6.45) is 5.80. The molecule has 0 radical (unpaired) electrons. The van der Waals surface area contributed by atoms with Crippen molar-refractivity contribution in [3.8, 4) is 17.0 Å². The third kappa shape index (κ3) is 3.45. The van der Waals surface area contributed by atoms with Crippen molar-refractivity contribution < 1.29 is 9.53 Å². The van der Waals surface area contributed by atoms with E-state index in [9.17, 15) is 4.79 Å². The Morgan fingerprint density at radius 1 is 1.29 bits per heavy atom. The van der Waals surface area contributed by atoms with Crippen LogP contribution in [0.5, 0.6) is 5.75 Å². The lowest BCUT2D eigenvalue weighted by atomic mass is 9.95. The number of ether oxygens (including phenoxy) is 1. The first-order valence-corrected chi connectivity index (χ1v) is 8.75. The first-order chi connectivity index (χ1) is 11.7. The van der Waals surface area contributed by atoms with Crippen LogP contribution in [-0.2, 0) is 6.54 Å². The highest BCUT2D eigenvalue weighted by atomic mass is 16.5.